The highest BCUT2D eigenvalue weighted by molar-refractivity contribution is 6.20. The largest absolute Gasteiger partial charge is 0.487 e. The van der Waals surface area contributed by atoms with E-state index < -0.39 is 5.57 Å². The van der Waals surface area contributed by atoms with Crippen LogP contribution in [0.2, 0.25) is 0 Å². The highest BCUT2D eigenvalue weighted by Crippen LogP contribution is 2.27. The van der Waals surface area contributed by atoms with E-state index in [0.717, 1.165) is 24.5 Å². The first-order chi connectivity index (χ1) is 12.7. The molecule has 1 aliphatic rings. The van der Waals surface area contributed by atoms with Gasteiger partial charge >= 0.3 is 5.57 Å². The van der Waals surface area contributed by atoms with Crippen LogP contribution in [0.1, 0.15) is 15.9 Å². The molecule has 0 bridgehead atoms. The fourth-order valence-electron chi connectivity index (χ4n) is 2.82. The van der Waals surface area contributed by atoms with Gasteiger partial charge in [-0.15, -0.1) is 8.78 Å². The number of halogens is 3. The monoisotopic (exact) mass is 397 g/mol. The van der Waals surface area contributed by atoms with Crippen molar-refractivity contribution in [3.05, 3.63) is 47.7 Å². The molecule has 0 unspecified atom stereocenters. The number of aliphatic hydroxyl groups is 1. The molecule has 1 amide bonds. The molecule has 1 aromatic heterocycles. The van der Waals surface area contributed by atoms with E-state index in [1.165, 1.54) is 30.5 Å². The summed E-state index contributed by atoms with van der Waals surface area (Å²) in [6.45, 7) is 3.50. The van der Waals surface area contributed by atoms with Crippen molar-refractivity contribution >= 4 is 29.0 Å². The zero-order chi connectivity index (χ0) is 19.6. The number of aliphatic hydroxyl groups excluding tert-OH is 1. The molecule has 1 fully saturated rings. The minimum absolute atomic E-state index is 0.120. The smallest absolute Gasteiger partial charge is 0.420 e. The Morgan fingerprint density at radius 3 is 2.63 bits per heavy atom. The second-order valence-electron chi connectivity index (χ2n) is 6.34. The van der Waals surface area contributed by atoms with Crippen molar-refractivity contribution in [1.82, 2.24) is 4.98 Å². The molecule has 9 heteroatoms. The Morgan fingerprint density at radius 2 is 2.07 bits per heavy atom. The van der Waals surface area contributed by atoms with Gasteiger partial charge in [-0.05, 0) is 42.8 Å². The molecule has 0 atom stereocenters. The van der Waals surface area contributed by atoms with Crippen LogP contribution in [0, 0.1) is 12.8 Å². The quantitative estimate of drug-likeness (QED) is 0.732. The summed E-state index contributed by atoms with van der Waals surface area (Å²) in [5.41, 5.74) is -2.14. The van der Waals surface area contributed by atoms with Crippen LogP contribution in [0.4, 0.5) is 20.3 Å². The molecule has 144 valence electrons. The summed E-state index contributed by atoms with van der Waals surface area (Å²) in [5.74, 6) is 0.565. The first-order valence-electron chi connectivity index (χ1n) is 8.25. The fourth-order valence-corrected chi connectivity index (χ4v) is 2.91. The average Bonchev–Trinajstić information content (AvgIpc) is 2.55. The van der Waals surface area contributed by atoms with Gasteiger partial charge in [-0.2, -0.15) is 0 Å². The molecule has 2 N–H and O–H groups in total. The first kappa shape index (κ1) is 19.3. The van der Waals surface area contributed by atoms with E-state index in [-0.39, 0.29) is 24.2 Å². The van der Waals surface area contributed by atoms with Gasteiger partial charge in [0.2, 0.25) is 0 Å². The van der Waals surface area contributed by atoms with Crippen LogP contribution in [-0.2, 0) is 0 Å². The van der Waals surface area contributed by atoms with E-state index in [1.807, 2.05) is 11.8 Å². The van der Waals surface area contributed by atoms with Gasteiger partial charge < -0.3 is 20.1 Å². The lowest BCUT2D eigenvalue weighted by atomic mass is 10.0. The number of nitrogens with one attached hydrogen (secondary N) is 1. The third kappa shape index (κ3) is 4.84. The summed E-state index contributed by atoms with van der Waals surface area (Å²) in [6.07, 6.45) is 1.48. The number of aryl methyl sites for hydroxylation is 1. The molecule has 1 aromatic carbocycles. The number of amides is 1. The molecule has 2 aromatic rings. The van der Waals surface area contributed by atoms with Crippen LogP contribution in [0.25, 0.3) is 0 Å². The van der Waals surface area contributed by atoms with Gasteiger partial charge in [-0.25, -0.2) is 4.98 Å². The summed E-state index contributed by atoms with van der Waals surface area (Å²) in [6, 6.07) is 7.15. The Morgan fingerprint density at radius 1 is 1.41 bits per heavy atom. The highest BCUT2D eigenvalue weighted by Gasteiger charge is 2.28. The first-order valence-corrected chi connectivity index (χ1v) is 8.62. The number of aromatic nitrogens is 1. The second kappa shape index (κ2) is 7.66. The number of hydrogen-bond donors (Lipinski definition) is 2. The van der Waals surface area contributed by atoms with Crippen LogP contribution in [0.3, 0.4) is 0 Å². The molecule has 27 heavy (non-hydrogen) atoms. The van der Waals surface area contributed by atoms with E-state index in [2.05, 4.69) is 15.0 Å². The number of carbonyl (C=O) groups is 1. The van der Waals surface area contributed by atoms with Gasteiger partial charge in [-0.1, -0.05) is 0 Å². The van der Waals surface area contributed by atoms with Crippen molar-refractivity contribution in [2.24, 2.45) is 5.92 Å². The molecule has 1 saturated heterocycles. The lowest BCUT2D eigenvalue weighted by Gasteiger charge is -2.39. The molecular formula is C18H18ClF2N3O3. The number of anilines is 2. The van der Waals surface area contributed by atoms with Crippen LogP contribution in [0.5, 0.6) is 5.75 Å². The Bertz CT molecular complexity index is 822. The maximum atomic E-state index is 12.6. The Kier molecular flexibility index (Phi) is 5.48. The number of carbonyl (C=O) groups excluding carboxylic acids is 1. The molecule has 1 aliphatic heterocycles. The fraction of sp³-hybridized carbons (Fsp3) is 0.333. The van der Waals surface area contributed by atoms with Crippen molar-refractivity contribution in [1.29, 1.82) is 0 Å². The van der Waals surface area contributed by atoms with Crippen LogP contribution in [-0.4, -0.2) is 41.3 Å². The molecule has 3 rings (SSSR count). The molecule has 0 aliphatic carbocycles. The molecule has 6 nitrogen and oxygen atoms in total. The normalized spacial score (nSPS) is 14.6. The summed E-state index contributed by atoms with van der Waals surface area (Å²) in [4.78, 5) is 18.8. The minimum Gasteiger partial charge on any atom is -0.420 e. The van der Waals surface area contributed by atoms with Gasteiger partial charge in [0, 0.05) is 49.1 Å². The maximum absolute atomic E-state index is 12.6. The SMILES string of the molecule is Cc1cc(C(=O)Nc2ccc(OC(F)(F)Cl)cc2)cnc1N1CC(CO)C1. The lowest BCUT2D eigenvalue weighted by molar-refractivity contribution is -0.0964. The van der Waals surface area contributed by atoms with Crippen LogP contribution >= 0.6 is 11.6 Å². The zero-order valence-electron chi connectivity index (χ0n) is 14.5. The van der Waals surface area contributed by atoms with Crippen LogP contribution < -0.4 is 15.0 Å². The van der Waals surface area contributed by atoms with Crippen molar-refractivity contribution in [3.63, 3.8) is 0 Å². The van der Waals surface area contributed by atoms with Gasteiger partial charge in [0.15, 0.2) is 0 Å². The molecular weight excluding hydrogens is 380 g/mol. The Balaban J connectivity index is 1.63. The predicted molar refractivity (Wildman–Crippen MR) is 97.6 cm³/mol. The van der Waals surface area contributed by atoms with Gasteiger partial charge in [0.1, 0.15) is 11.6 Å². The Hall–Kier alpha value is -2.45. The third-order valence-electron chi connectivity index (χ3n) is 4.17. The van der Waals surface area contributed by atoms with E-state index in [1.54, 1.807) is 6.07 Å². The van der Waals surface area contributed by atoms with E-state index in [0.29, 0.717) is 11.3 Å². The van der Waals surface area contributed by atoms with Crippen molar-refractivity contribution in [2.45, 2.75) is 12.5 Å². The topological polar surface area (TPSA) is 74.7 Å². The lowest BCUT2D eigenvalue weighted by Crippen LogP contribution is -2.49. The third-order valence-corrected chi connectivity index (χ3v) is 4.25. The van der Waals surface area contributed by atoms with E-state index >= 15 is 0 Å². The summed E-state index contributed by atoms with van der Waals surface area (Å²) < 4.78 is 29.4. The summed E-state index contributed by atoms with van der Waals surface area (Å²) >= 11 is 4.70. The second-order valence-corrected chi connectivity index (χ2v) is 6.78. The van der Waals surface area contributed by atoms with Crippen LogP contribution in [0.15, 0.2) is 36.5 Å². The number of hydrogen-bond acceptors (Lipinski definition) is 5. The standard InChI is InChI=1S/C18H18ClF2N3O3/c1-11-6-13(7-22-16(11)24-8-12(9-24)10-25)17(26)23-14-2-4-15(5-3-14)27-18(19,20)21/h2-7,12,25H,8-10H2,1H3,(H,23,26). The molecule has 0 spiro atoms. The Labute approximate surface area is 159 Å². The number of rotatable bonds is 6. The maximum Gasteiger partial charge on any atom is 0.487 e. The van der Waals surface area contributed by atoms with Gasteiger partial charge in [0.05, 0.1) is 5.56 Å². The van der Waals surface area contributed by atoms with Crippen molar-refractivity contribution in [2.75, 3.05) is 29.9 Å². The number of pyridine rings is 1. The molecule has 0 radical (unpaired) electrons. The average molecular weight is 398 g/mol. The van der Waals surface area contributed by atoms with Crippen molar-refractivity contribution in [3.8, 4) is 5.75 Å². The van der Waals surface area contributed by atoms with E-state index in [9.17, 15) is 13.6 Å². The number of alkyl halides is 3. The minimum atomic E-state index is -3.79. The number of ether oxygens (including phenoxy) is 1. The van der Waals surface area contributed by atoms with E-state index in [4.69, 9.17) is 16.7 Å². The van der Waals surface area contributed by atoms with Gasteiger partial charge in [0.25, 0.3) is 5.91 Å². The summed E-state index contributed by atoms with van der Waals surface area (Å²) in [7, 11) is 0. The van der Waals surface area contributed by atoms with Crippen molar-refractivity contribution < 1.29 is 23.4 Å². The zero-order valence-corrected chi connectivity index (χ0v) is 15.2. The highest BCUT2D eigenvalue weighted by atomic mass is 35.5. The number of benzene rings is 1. The molecule has 2 heterocycles. The number of nitrogens with zero attached hydrogens (tertiary/aromatic N) is 2. The molecule has 0 saturated carbocycles. The predicted octanol–water partition coefficient (Wildman–Crippen LogP) is 3.24. The van der Waals surface area contributed by atoms with Gasteiger partial charge in [-0.3, -0.25) is 4.79 Å². The summed E-state index contributed by atoms with van der Waals surface area (Å²) in [5, 5.41) is 11.8.